The van der Waals surface area contributed by atoms with Gasteiger partial charge in [0.25, 0.3) is 11.8 Å². The summed E-state index contributed by atoms with van der Waals surface area (Å²) in [5.41, 5.74) is 3.67. The lowest BCUT2D eigenvalue weighted by molar-refractivity contribution is -0.123. The van der Waals surface area contributed by atoms with E-state index < -0.39 is 11.9 Å². The largest absolute Gasteiger partial charge is 0.490 e. The second-order valence-electron chi connectivity index (χ2n) is 7.14. The van der Waals surface area contributed by atoms with Gasteiger partial charge in [-0.3, -0.25) is 9.59 Å². The van der Waals surface area contributed by atoms with Gasteiger partial charge >= 0.3 is 0 Å². The van der Waals surface area contributed by atoms with Gasteiger partial charge in [0.1, 0.15) is 11.8 Å². The van der Waals surface area contributed by atoms with Gasteiger partial charge in [0, 0.05) is 16.1 Å². The summed E-state index contributed by atoms with van der Waals surface area (Å²) >= 11 is 5.85. The monoisotopic (exact) mass is 415 g/mol. The van der Waals surface area contributed by atoms with Crippen molar-refractivity contribution in [1.82, 2.24) is 10.7 Å². The summed E-state index contributed by atoms with van der Waals surface area (Å²) in [4.78, 5) is 25.0. The fourth-order valence-electron chi connectivity index (χ4n) is 2.54. The fourth-order valence-corrected chi connectivity index (χ4v) is 2.67. The molecule has 0 saturated carbocycles. The van der Waals surface area contributed by atoms with Gasteiger partial charge in [-0.25, -0.2) is 5.43 Å². The van der Waals surface area contributed by atoms with E-state index in [0.717, 1.165) is 5.56 Å². The molecule has 0 saturated heterocycles. The molecule has 0 bridgehead atoms. The van der Waals surface area contributed by atoms with Crippen LogP contribution in [-0.2, 0) is 4.79 Å². The highest BCUT2D eigenvalue weighted by atomic mass is 35.5. The number of halogens is 1. The summed E-state index contributed by atoms with van der Waals surface area (Å²) in [5.74, 6) is -0.203. The van der Waals surface area contributed by atoms with E-state index in [1.54, 1.807) is 24.3 Å². The zero-order valence-corrected chi connectivity index (χ0v) is 17.7. The number of hydrogen-bond donors (Lipinski definition) is 2. The molecule has 2 amide bonds. The minimum Gasteiger partial charge on any atom is -0.490 e. The van der Waals surface area contributed by atoms with Crippen LogP contribution < -0.4 is 15.5 Å². The molecule has 0 aliphatic heterocycles. The van der Waals surface area contributed by atoms with E-state index in [4.69, 9.17) is 16.3 Å². The predicted octanol–water partition coefficient (Wildman–Crippen LogP) is 4.03. The summed E-state index contributed by atoms with van der Waals surface area (Å²) in [6, 6.07) is 13.1. The number of amides is 2. The quantitative estimate of drug-likeness (QED) is 0.504. The molecule has 6 nitrogen and oxygen atoms in total. The van der Waals surface area contributed by atoms with E-state index >= 15 is 0 Å². The van der Waals surface area contributed by atoms with Crippen LogP contribution >= 0.6 is 11.6 Å². The highest BCUT2D eigenvalue weighted by Crippen LogP contribution is 2.17. The lowest BCUT2D eigenvalue weighted by atomic mass is 10.0. The Labute approximate surface area is 176 Å². The minimum atomic E-state index is -0.738. The third kappa shape index (κ3) is 6.91. The molecule has 0 spiro atoms. The second kappa shape index (κ2) is 10.6. The summed E-state index contributed by atoms with van der Waals surface area (Å²) in [7, 11) is 0. The van der Waals surface area contributed by atoms with Gasteiger partial charge in [0.15, 0.2) is 0 Å². The molecule has 2 N–H and O–H groups in total. The first kappa shape index (κ1) is 22.4. The Morgan fingerprint density at radius 1 is 1.03 bits per heavy atom. The van der Waals surface area contributed by atoms with Gasteiger partial charge in [-0.2, -0.15) is 5.10 Å². The number of para-hydroxylation sites is 1. The van der Waals surface area contributed by atoms with Crippen molar-refractivity contribution in [1.29, 1.82) is 0 Å². The molecule has 0 radical (unpaired) electrons. The average Bonchev–Trinajstić information content (AvgIpc) is 2.67. The maximum absolute atomic E-state index is 12.6. The molecule has 0 aromatic heterocycles. The average molecular weight is 416 g/mol. The molecule has 29 heavy (non-hydrogen) atoms. The highest BCUT2D eigenvalue weighted by Gasteiger charge is 2.24. The van der Waals surface area contributed by atoms with Crippen molar-refractivity contribution in [2.24, 2.45) is 11.0 Å². The molecule has 0 aliphatic rings. The van der Waals surface area contributed by atoms with E-state index in [9.17, 15) is 9.59 Å². The molecule has 1 unspecified atom stereocenters. The van der Waals surface area contributed by atoms with Crippen LogP contribution in [0.25, 0.3) is 0 Å². The predicted molar refractivity (Wildman–Crippen MR) is 115 cm³/mol. The number of rotatable bonds is 8. The Hall–Kier alpha value is -2.86. The number of nitrogens with one attached hydrogen (secondary N) is 2. The van der Waals surface area contributed by atoms with Gasteiger partial charge in [0.05, 0.1) is 12.3 Å². The molecule has 2 aromatic carbocycles. The summed E-state index contributed by atoms with van der Waals surface area (Å²) in [6.45, 7) is 7.57. The van der Waals surface area contributed by atoms with Crippen LogP contribution in [0.15, 0.2) is 53.6 Å². The number of benzene rings is 2. The molecule has 2 rings (SSSR count). The number of nitrogens with zero attached hydrogens (tertiary/aromatic N) is 1. The molecular formula is C22H26ClN3O3. The molecule has 0 heterocycles. The topological polar surface area (TPSA) is 79.8 Å². The Morgan fingerprint density at radius 2 is 1.69 bits per heavy atom. The van der Waals surface area contributed by atoms with Crippen molar-refractivity contribution < 1.29 is 14.3 Å². The van der Waals surface area contributed by atoms with Gasteiger partial charge in [-0.1, -0.05) is 37.6 Å². The van der Waals surface area contributed by atoms with Crippen LogP contribution in [0.1, 0.15) is 43.6 Å². The van der Waals surface area contributed by atoms with Crippen molar-refractivity contribution in [3.8, 4) is 5.75 Å². The molecule has 154 valence electrons. The molecule has 7 heteroatoms. The molecule has 0 fully saturated rings. The number of hydrazone groups is 1. The van der Waals surface area contributed by atoms with Crippen molar-refractivity contribution in [2.75, 3.05) is 0 Å². The van der Waals surface area contributed by atoms with Gasteiger partial charge in [-0.15, -0.1) is 0 Å². The Kier molecular flexibility index (Phi) is 8.21. The standard InChI is InChI=1S/C22H26ClN3O3/c1-14(2)20(25-21(27)16-9-11-18(23)12-10-16)22(28)26-24-13-17-7-5-6-8-19(17)29-15(3)4/h5-15,20H,1-4H3,(H,25,27)(H,26,28)/b24-13-. The van der Waals surface area contributed by atoms with Crippen LogP contribution in [0.4, 0.5) is 0 Å². The second-order valence-corrected chi connectivity index (χ2v) is 7.58. The zero-order chi connectivity index (χ0) is 21.4. The summed E-state index contributed by atoms with van der Waals surface area (Å²) in [5, 5.41) is 7.31. The van der Waals surface area contributed by atoms with Gasteiger partial charge in [0.2, 0.25) is 0 Å². The number of ether oxygens (including phenoxy) is 1. The normalized spacial score (nSPS) is 12.2. The fraction of sp³-hybridized carbons (Fsp3) is 0.318. The van der Waals surface area contributed by atoms with Crippen LogP contribution in [-0.4, -0.2) is 30.2 Å². The molecule has 1 atom stereocenters. The number of hydrogen-bond acceptors (Lipinski definition) is 4. The van der Waals surface area contributed by atoms with Crippen LogP contribution in [0.2, 0.25) is 5.02 Å². The van der Waals surface area contributed by atoms with E-state index in [1.165, 1.54) is 6.21 Å². The van der Waals surface area contributed by atoms with E-state index in [2.05, 4.69) is 15.8 Å². The van der Waals surface area contributed by atoms with Crippen LogP contribution in [0.3, 0.4) is 0 Å². The Balaban J connectivity index is 2.04. The first-order valence-electron chi connectivity index (χ1n) is 9.43. The van der Waals surface area contributed by atoms with E-state index in [1.807, 2.05) is 52.0 Å². The number of carbonyl (C=O) groups excluding carboxylic acids is 2. The maximum Gasteiger partial charge on any atom is 0.262 e. The van der Waals surface area contributed by atoms with Crippen molar-refractivity contribution in [3.63, 3.8) is 0 Å². The third-order valence-electron chi connectivity index (χ3n) is 4.00. The lowest BCUT2D eigenvalue weighted by Crippen LogP contribution is -2.48. The summed E-state index contributed by atoms with van der Waals surface area (Å²) < 4.78 is 5.73. The van der Waals surface area contributed by atoms with Crippen molar-refractivity contribution >= 4 is 29.6 Å². The van der Waals surface area contributed by atoms with E-state index in [0.29, 0.717) is 16.3 Å². The minimum absolute atomic E-state index is 0.0209. The smallest absolute Gasteiger partial charge is 0.262 e. The lowest BCUT2D eigenvalue weighted by Gasteiger charge is -2.20. The highest BCUT2D eigenvalue weighted by molar-refractivity contribution is 6.30. The SMILES string of the molecule is CC(C)Oc1ccccc1/C=N\NC(=O)C(NC(=O)c1ccc(Cl)cc1)C(C)C. The zero-order valence-electron chi connectivity index (χ0n) is 17.0. The van der Waals surface area contributed by atoms with Crippen molar-refractivity contribution in [2.45, 2.75) is 39.8 Å². The molecule has 2 aromatic rings. The van der Waals surface area contributed by atoms with Crippen molar-refractivity contribution in [3.05, 3.63) is 64.7 Å². The molecule has 0 aliphatic carbocycles. The van der Waals surface area contributed by atoms with Gasteiger partial charge < -0.3 is 10.1 Å². The molecular weight excluding hydrogens is 390 g/mol. The Morgan fingerprint density at radius 3 is 2.31 bits per heavy atom. The first-order valence-corrected chi connectivity index (χ1v) is 9.80. The van der Waals surface area contributed by atoms with E-state index in [-0.39, 0.29) is 17.9 Å². The third-order valence-corrected chi connectivity index (χ3v) is 4.25. The first-order chi connectivity index (χ1) is 13.8. The maximum atomic E-state index is 12.6. The van der Waals surface area contributed by atoms with Crippen LogP contribution in [0.5, 0.6) is 5.75 Å². The number of carbonyl (C=O) groups is 2. The van der Waals surface area contributed by atoms with Crippen LogP contribution in [0, 0.1) is 5.92 Å². The van der Waals surface area contributed by atoms with Gasteiger partial charge in [-0.05, 0) is 56.2 Å². The summed E-state index contributed by atoms with van der Waals surface area (Å²) in [6.07, 6.45) is 1.54. The Bertz CT molecular complexity index is 864.